The van der Waals surface area contributed by atoms with Crippen LogP contribution in [0.25, 0.3) is 6.08 Å². The summed E-state index contributed by atoms with van der Waals surface area (Å²) in [6.07, 6.45) is 5.58. The molecular formula is C14H17N3OS2. The summed E-state index contributed by atoms with van der Waals surface area (Å²) in [6, 6.07) is 3.96. The predicted molar refractivity (Wildman–Crippen MR) is 85.2 cm³/mol. The second-order valence-corrected chi connectivity index (χ2v) is 6.42. The molecule has 20 heavy (non-hydrogen) atoms. The summed E-state index contributed by atoms with van der Waals surface area (Å²) < 4.78 is 0. The fourth-order valence-corrected chi connectivity index (χ4v) is 3.42. The summed E-state index contributed by atoms with van der Waals surface area (Å²) in [5, 5.41) is 5.54. The van der Waals surface area contributed by atoms with Crippen molar-refractivity contribution in [3.63, 3.8) is 0 Å². The number of hydrogen-bond donors (Lipinski definition) is 1. The van der Waals surface area contributed by atoms with Crippen molar-refractivity contribution in [3.8, 4) is 0 Å². The minimum absolute atomic E-state index is 0.0195. The van der Waals surface area contributed by atoms with E-state index in [2.05, 4.69) is 10.2 Å². The molecule has 2 fully saturated rings. The minimum atomic E-state index is -0.0195. The first-order chi connectivity index (χ1) is 9.74. The van der Waals surface area contributed by atoms with Gasteiger partial charge >= 0.3 is 0 Å². The maximum absolute atomic E-state index is 12.4. The van der Waals surface area contributed by atoms with Gasteiger partial charge in [-0.25, -0.2) is 0 Å². The number of thiophene rings is 1. The van der Waals surface area contributed by atoms with E-state index in [4.69, 9.17) is 12.2 Å². The molecule has 0 spiro atoms. The van der Waals surface area contributed by atoms with Gasteiger partial charge in [0, 0.05) is 4.88 Å². The Morgan fingerprint density at radius 1 is 1.35 bits per heavy atom. The molecule has 0 aromatic carbocycles. The lowest BCUT2D eigenvalue weighted by molar-refractivity contribution is -0.123. The molecule has 0 aliphatic carbocycles. The van der Waals surface area contributed by atoms with Gasteiger partial charge in [0.05, 0.1) is 6.67 Å². The van der Waals surface area contributed by atoms with Gasteiger partial charge in [-0.1, -0.05) is 12.5 Å². The van der Waals surface area contributed by atoms with Crippen LogP contribution in [0.1, 0.15) is 24.1 Å². The standard InChI is InChI=1S/C14H17N3OS2/c18-13-12(9-11-5-4-8-20-11)15-14(19)17(13)10-16-6-2-1-3-7-16/h4-5,8-9H,1-3,6-7,10H2,(H,15,19). The first kappa shape index (κ1) is 13.7. The highest BCUT2D eigenvalue weighted by Gasteiger charge is 2.32. The van der Waals surface area contributed by atoms with Crippen LogP contribution in [0.5, 0.6) is 0 Å². The summed E-state index contributed by atoms with van der Waals surface area (Å²) in [5.74, 6) is -0.0195. The van der Waals surface area contributed by atoms with Gasteiger partial charge in [-0.3, -0.25) is 14.6 Å². The molecule has 4 nitrogen and oxygen atoms in total. The van der Waals surface area contributed by atoms with Crippen LogP contribution < -0.4 is 5.32 Å². The van der Waals surface area contributed by atoms with Crippen LogP contribution in [-0.4, -0.2) is 40.6 Å². The first-order valence-electron chi connectivity index (χ1n) is 6.84. The van der Waals surface area contributed by atoms with Crippen LogP contribution in [0.4, 0.5) is 0 Å². The fourth-order valence-electron chi connectivity index (χ4n) is 2.52. The number of nitrogens with one attached hydrogen (secondary N) is 1. The maximum atomic E-state index is 12.4. The lowest BCUT2D eigenvalue weighted by atomic mass is 10.1. The number of carbonyl (C=O) groups is 1. The van der Waals surface area contributed by atoms with E-state index in [1.807, 2.05) is 23.6 Å². The molecule has 2 aliphatic rings. The normalized spacial score (nSPS) is 22.6. The van der Waals surface area contributed by atoms with Gasteiger partial charge in [0.2, 0.25) is 0 Å². The Balaban J connectivity index is 1.70. The van der Waals surface area contributed by atoms with Crippen molar-refractivity contribution < 1.29 is 4.79 Å². The number of likely N-dealkylation sites (tertiary alicyclic amines) is 1. The minimum Gasteiger partial charge on any atom is -0.328 e. The molecule has 3 heterocycles. The molecule has 0 unspecified atom stereocenters. The number of amides is 1. The Morgan fingerprint density at radius 2 is 2.15 bits per heavy atom. The van der Waals surface area contributed by atoms with E-state index in [0.717, 1.165) is 18.0 Å². The Hall–Kier alpha value is -1.24. The van der Waals surface area contributed by atoms with Crippen molar-refractivity contribution in [2.75, 3.05) is 19.8 Å². The fraction of sp³-hybridized carbons (Fsp3) is 0.429. The molecule has 2 saturated heterocycles. The Labute approximate surface area is 128 Å². The van der Waals surface area contributed by atoms with Crippen LogP contribution in [0.2, 0.25) is 0 Å². The Kier molecular flexibility index (Phi) is 4.14. The van der Waals surface area contributed by atoms with Gasteiger partial charge in [-0.2, -0.15) is 0 Å². The third-order valence-corrected chi connectivity index (χ3v) is 4.72. The smallest absolute Gasteiger partial charge is 0.277 e. The van der Waals surface area contributed by atoms with Gasteiger partial charge in [-0.05, 0) is 55.7 Å². The summed E-state index contributed by atoms with van der Waals surface area (Å²) in [7, 11) is 0. The Bertz CT molecular complexity index is 533. The van der Waals surface area contributed by atoms with Gasteiger partial charge in [0.15, 0.2) is 5.11 Å². The van der Waals surface area contributed by atoms with Crippen LogP contribution in [0, 0.1) is 0 Å². The number of thiocarbonyl (C=S) groups is 1. The van der Waals surface area contributed by atoms with Crippen molar-refractivity contribution >= 4 is 40.7 Å². The second kappa shape index (κ2) is 6.03. The van der Waals surface area contributed by atoms with E-state index in [1.54, 1.807) is 16.2 Å². The van der Waals surface area contributed by atoms with Crippen molar-refractivity contribution in [3.05, 3.63) is 28.1 Å². The topological polar surface area (TPSA) is 35.6 Å². The van der Waals surface area contributed by atoms with Crippen molar-refractivity contribution in [1.82, 2.24) is 15.1 Å². The zero-order valence-corrected chi connectivity index (χ0v) is 12.8. The molecule has 1 aromatic heterocycles. The molecule has 106 valence electrons. The lowest BCUT2D eigenvalue weighted by Crippen LogP contribution is -2.43. The van der Waals surface area contributed by atoms with Crippen LogP contribution in [-0.2, 0) is 4.79 Å². The molecule has 3 rings (SSSR count). The summed E-state index contributed by atoms with van der Waals surface area (Å²) in [5.41, 5.74) is 0.578. The third kappa shape index (κ3) is 2.92. The van der Waals surface area contributed by atoms with Crippen LogP contribution in [0.15, 0.2) is 23.2 Å². The van der Waals surface area contributed by atoms with Crippen molar-refractivity contribution in [2.24, 2.45) is 0 Å². The number of hydrogen-bond acceptors (Lipinski definition) is 4. The molecule has 0 atom stereocenters. The lowest BCUT2D eigenvalue weighted by Gasteiger charge is -2.29. The molecule has 0 saturated carbocycles. The van der Waals surface area contributed by atoms with E-state index in [1.165, 1.54) is 19.3 Å². The molecular weight excluding hydrogens is 290 g/mol. The summed E-state index contributed by atoms with van der Waals surface area (Å²) in [6.45, 7) is 2.71. The van der Waals surface area contributed by atoms with E-state index in [9.17, 15) is 4.79 Å². The number of nitrogens with zero attached hydrogens (tertiary/aromatic N) is 2. The van der Waals surface area contributed by atoms with Gasteiger partial charge < -0.3 is 5.32 Å². The van der Waals surface area contributed by atoms with Crippen LogP contribution >= 0.6 is 23.6 Å². The van der Waals surface area contributed by atoms with E-state index in [0.29, 0.717) is 17.5 Å². The molecule has 0 radical (unpaired) electrons. The number of rotatable bonds is 3. The maximum Gasteiger partial charge on any atom is 0.277 e. The highest BCUT2D eigenvalue weighted by atomic mass is 32.1. The third-order valence-electron chi connectivity index (χ3n) is 3.58. The van der Waals surface area contributed by atoms with E-state index < -0.39 is 0 Å². The monoisotopic (exact) mass is 307 g/mol. The van der Waals surface area contributed by atoms with Crippen molar-refractivity contribution in [1.29, 1.82) is 0 Å². The Morgan fingerprint density at radius 3 is 2.85 bits per heavy atom. The summed E-state index contributed by atoms with van der Waals surface area (Å²) in [4.78, 5) is 17.4. The molecule has 6 heteroatoms. The second-order valence-electron chi connectivity index (χ2n) is 5.06. The zero-order chi connectivity index (χ0) is 13.9. The van der Waals surface area contributed by atoms with Crippen LogP contribution in [0.3, 0.4) is 0 Å². The molecule has 2 aliphatic heterocycles. The van der Waals surface area contributed by atoms with Crippen molar-refractivity contribution in [2.45, 2.75) is 19.3 Å². The highest BCUT2D eigenvalue weighted by Crippen LogP contribution is 2.18. The molecule has 1 aromatic rings. The molecule has 1 amide bonds. The number of carbonyl (C=O) groups excluding carboxylic acids is 1. The van der Waals surface area contributed by atoms with Gasteiger partial charge in [-0.15, -0.1) is 11.3 Å². The molecule has 0 bridgehead atoms. The van der Waals surface area contributed by atoms with E-state index >= 15 is 0 Å². The highest BCUT2D eigenvalue weighted by molar-refractivity contribution is 7.80. The van der Waals surface area contributed by atoms with Gasteiger partial charge in [0.1, 0.15) is 5.70 Å². The zero-order valence-electron chi connectivity index (χ0n) is 11.2. The van der Waals surface area contributed by atoms with Gasteiger partial charge in [0.25, 0.3) is 5.91 Å². The average molecular weight is 307 g/mol. The largest absolute Gasteiger partial charge is 0.328 e. The predicted octanol–water partition coefficient (Wildman–Crippen LogP) is 2.25. The summed E-state index contributed by atoms with van der Waals surface area (Å²) >= 11 is 6.90. The first-order valence-corrected chi connectivity index (χ1v) is 8.13. The molecule has 1 N–H and O–H groups in total. The quantitative estimate of drug-likeness (QED) is 0.686. The average Bonchev–Trinajstić information content (AvgIpc) is 3.05. The van der Waals surface area contributed by atoms with E-state index in [-0.39, 0.29) is 5.91 Å². The number of piperidine rings is 1. The SMILES string of the molecule is O=C1C(=Cc2cccs2)NC(=S)N1CN1CCCCC1.